The van der Waals surface area contributed by atoms with Crippen LogP contribution in [-0.4, -0.2) is 79.1 Å². The fraction of sp³-hybridized carbons (Fsp3) is 0.246. The van der Waals surface area contributed by atoms with Crippen LogP contribution in [0.4, 0.5) is 0 Å². The lowest BCUT2D eigenvalue weighted by atomic mass is 10.0. The molecule has 0 fully saturated rings. The first-order chi connectivity index (χ1) is 33.7. The summed E-state index contributed by atoms with van der Waals surface area (Å²) in [7, 11) is 6.61. The van der Waals surface area contributed by atoms with E-state index in [1.807, 2.05) is 43.0 Å². The molecule has 0 saturated heterocycles. The molecular formula is C61H64N8. The van der Waals surface area contributed by atoms with Crippen molar-refractivity contribution in [3.05, 3.63) is 201 Å². The van der Waals surface area contributed by atoms with Crippen LogP contribution in [0.5, 0.6) is 0 Å². The number of fused-ring (bicyclic) bond motifs is 9. The minimum absolute atomic E-state index is 1.03. The first kappa shape index (κ1) is 45.7. The van der Waals surface area contributed by atoms with Crippen LogP contribution in [-0.2, 0) is 38.9 Å². The fourth-order valence-electron chi connectivity index (χ4n) is 10.4. The number of benzene rings is 4. The standard InChI is InChI=1S/C21H22N2.2C20H21N3/c1-16-8-9-20-18(14-16)19-15-22(2)12-11-21(19)23(20)13-10-17-6-4-3-5-7-17;1-15-3-4-19-17(13-15)18-14-22(2)11-8-20(18)23(19)12-7-16-5-9-21-10-6-16;1-15-5-6-19-17(12-15)18-14-22(2)10-8-20(18)23(19)11-7-16-4-3-9-21-13-16/h3-10,13-14H,11-12,15H2,1-2H3;3-7,9-10,12-13H,8,11,14H2,1-2H3;3-7,9,11-13H,8,10,14H2,1-2H3/b13-10+;12-7+;11-7-. The molecule has 0 radical (unpaired) electrons. The van der Waals surface area contributed by atoms with Crippen molar-refractivity contribution in [3.8, 4) is 0 Å². The summed E-state index contributed by atoms with van der Waals surface area (Å²) in [5.41, 5.74) is 20.3. The maximum absolute atomic E-state index is 4.19. The molecule has 4 aromatic carbocycles. The van der Waals surface area contributed by atoms with E-state index in [1.165, 1.54) is 94.3 Å². The molecule has 8 heteroatoms. The number of likely N-dealkylation sites (N-methyl/N-ethyl adjacent to an activating group) is 3. The molecule has 0 N–H and O–H groups in total. The Balaban J connectivity index is 0.000000120. The summed E-state index contributed by atoms with van der Waals surface area (Å²) in [6.07, 6.45) is 23.8. The lowest BCUT2D eigenvalue weighted by molar-refractivity contribution is 0.312. The number of aryl methyl sites for hydroxylation is 3. The Hall–Kier alpha value is -7.10. The molecule has 0 atom stereocenters. The summed E-state index contributed by atoms with van der Waals surface area (Å²) in [5, 5.41) is 4.19. The van der Waals surface area contributed by atoms with Crippen LogP contribution in [0.3, 0.4) is 0 Å². The highest BCUT2D eigenvalue weighted by Gasteiger charge is 2.24. The van der Waals surface area contributed by atoms with E-state index < -0.39 is 0 Å². The van der Waals surface area contributed by atoms with Gasteiger partial charge in [0, 0.05) is 135 Å². The van der Waals surface area contributed by atoms with Gasteiger partial charge in [-0.2, -0.15) is 0 Å². The third kappa shape index (κ3) is 9.93. The lowest BCUT2D eigenvalue weighted by Crippen LogP contribution is -2.26. The van der Waals surface area contributed by atoms with Crippen LogP contribution >= 0.6 is 0 Å². The molecule has 3 aliphatic rings. The molecule has 0 spiro atoms. The zero-order valence-electron chi connectivity index (χ0n) is 41.1. The van der Waals surface area contributed by atoms with E-state index in [9.17, 15) is 0 Å². The summed E-state index contributed by atoms with van der Waals surface area (Å²) >= 11 is 0. The van der Waals surface area contributed by atoms with Crippen molar-refractivity contribution >= 4 is 69.5 Å². The maximum Gasteiger partial charge on any atom is 0.0528 e. The highest BCUT2D eigenvalue weighted by atomic mass is 15.1. The molecule has 0 amide bonds. The fourth-order valence-corrected chi connectivity index (χ4v) is 10.4. The third-order valence-corrected chi connectivity index (χ3v) is 14.0. The average molecular weight is 909 g/mol. The van der Waals surface area contributed by atoms with E-state index >= 15 is 0 Å². The van der Waals surface area contributed by atoms with Gasteiger partial charge in [0.1, 0.15) is 0 Å². The Morgan fingerprint density at radius 2 is 0.797 bits per heavy atom. The molecule has 5 aromatic heterocycles. The minimum atomic E-state index is 1.03. The van der Waals surface area contributed by atoms with Crippen LogP contribution in [0.2, 0.25) is 0 Å². The van der Waals surface area contributed by atoms with Gasteiger partial charge in [-0.25, -0.2) is 0 Å². The minimum Gasteiger partial charge on any atom is -0.320 e. The molecule has 12 rings (SSSR count). The van der Waals surface area contributed by atoms with Crippen LogP contribution in [0.1, 0.15) is 67.2 Å². The summed E-state index contributed by atoms with van der Waals surface area (Å²) < 4.78 is 7.13. The molecule has 8 heterocycles. The van der Waals surface area contributed by atoms with Gasteiger partial charge < -0.3 is 28.4 Å². The maximum atomic E-state index is 4.19. The number of hydrogen-bond acceptors (Lipinski definition) is 5. The number of aromatic nitrogens is 5. The molecule has 69 heavy (non-hydrogen) atoms. The van der Waals surface area contributed by atoms with Gasteiger partial charge in [0.25, 0.3) is 0 Å². The first-order valence-electron chi connectivity index (χ1n) is 24.5. The smallest absolute Gasteiger partial charge is 0.0528 e. The van der Waals surface area contributed by atoms with E-state index in [2.05, 4.69) is 208 Å². The Morgan fingerprint density at radius 3 is 1.20 bits per heavy atom. The Morgan fingerprint density at radius 1 is 0.406 bits per heavy atom. The predicted octanol–water partition coefficient (Wildman–Crippen LogP) is 12.5. The van der Waals surface area contributed by atoms with Gasteiger partial charge in [-0.3, -0.25) is 9.97 Å². The molecule has 8 nitrogen and oxygen atoms in total. The largest absolute Gasteiger partial charge is 0.320 e. The average Bonchev–Trinajstić information content (AvgIpc) is 3.96. The molecule has 0 bridgehead atoms. The summed E-state index contributed by atoms with van der Waals surface area (Å²) in [6.45, 7) is 13.0. The number of pyridine rings is 2. The topological polar surface area (TPSA) is 50.3 Å². The van der Waals surface area contributed by atoms with Crippen LogP contribution < -0.4 is 0 Å². The normalized spacial score (nSPS) is 15.4. The second kappa shape index (κ2) is 20.2. The van der Waals surface area contributed by atoms with Gasteiger partial charge >= 0.3 is 0 Å². The van der Waals surface area contributed by atoms with Crippen molar-refractivity contribution in [1.29, 1.82) is 0 Å². The summed E-state index contributed by atoms with van der Waals surface area (Å²) in [6, 6.07) is 39.0. The van der Waals surface area contributed by atoms with Gasteiger partial charge in [0.05, 0.1) is 16.6 Å². The Kier molecular flexibility index (Phi) is 13.4. The number of hydrogen-bond donors (Lipinski definition) is 0. The van der Waals surface area contributed by atoms with E-state index in [0.717, 1.165) is 64.1 Å². The summed E-state index contributed by atoms with van der Waals surface area (Å²) in [5.74, 6) is 0. The van der Waals surface area contributed by atoms with E-state index in [-0.39, 0.29) is 0 Å². The van der Waals surface area contributed by atoms with E-state index in [4.69, 9.17) is 0 Å². The van der Waals surface area contributed by atoms with Crippen LogP contribution in [0.25, 0.3) is 69.5 Å². The number of nitrogens with zero attached hydrogens (tertiary/aromatic N) is 8. The molecule has 9 aromatic rings. The van der Waals surface area contributed by atoms with Gasteiger partial charge in [-0.15, -0.1) is 0 Å². The zero-order valence-corrected chi connectivity index (χ0v) is 41.1. The predicted molar refractivity (Wildman–Crippen MR) is 291 cm³/mol. The van der Waals surface area contributed by atoms with Crippen molar-refractivity contribution in [2.24, 2.45) is 0 Å². The molecule has 0 unspecified atom stereocenters. The highest BCUT2D eigenvalue weighted by molar-refractivity contribution is 5.91. The quantitative estimate of drug-likeness (QED) is 0.166. The molecule has 0 saturated carbocycles. The second-order valence-corrected chi connectivity index (χ2v) is 19.3. The van der Waals surface area contributed by atoms with Gasteiger partial charge in [-0.05, 0) is 148 Å². The van der Waals surface area contributed by atoms with Crippen LogP contribution in [0, 0.1) is 20.8 Å². The zero-order chi connectivity index (χ0) is 47.4. The van der Waals surface area contributed by atoms with Crippen molar-refractivity contribution in [2.45, 2.75) is 59.7 Å². The molecule has 348 valence electrons. The third-order valence-electron chi connectivity index (χ3n) is 14.0. The van der Waals surface area contributed by atoms with Crippen LogP contribution in [0.15, 0.2) is 134 Å². The lowest BCUT2D eigenvalue weighted by Gasteiger charge is -2.23. The van der Waals surface area contributed by atoms with Crippen molar-refractivity contribution in [2.75, 3.05) is 40.8 Å². The number of rotatable bonds is 6. The van der Waals surface area contributed by atoms with Gasteiger partial charge in [-0.1, -0.05) is 71.3 Å². The molecular weight excluding hydrogens is 845 g/mol. The summed E-state index contributed by atoms with van der Waals surface area (Å²) in [4.78, 5) is 15.5. The highest BCUT2D eigenvalue weighted by Crippen LogP contribution is 2.35. The Labute approximate surface area is 407 Å². The van der Waals surface area contributed by atoms with Crippen molar-refractivity contribution in [3.63, 3.8) is 0 Å². The van der Waals surface area contributed by atoms with Crippen molar-refractivity contribution in [1.82, 2.24) is 38.4 Å². The van der Waals surface area contributed by atoms with Crippen molar-refractivity contribution < 1.29 is 0 Å². The Bertz CT molecular complexity index is 2980. The van der Waals surface area contributed by atoms with Gasteiger partial charge in [0.2, 0.25) is 0 Å². The first-order valence-corrected chi connectivity index (χ1v) is 24.5. The molecule has 0 aliphatic carbocycles. The monoisotopic (exact) mass is 909 g/mol. The second-order valence-electron chi connectivity index (χ2n) is 19.3. The molecule has 3 aliphatic heterocycles. The SMILES string of the molecule is Cc1ccc2c(c1)c1c(n2/C=C/c2ccccc2)CCN(C)C1.Cc1ccc2c(c1)c1c(n2/C=C/c2ccncc2)CCN(C)C1.Cc1ccc2c(c1)c1c(n2/C=C\c2cccnc2)CCN(C)C1. The van der Waals surface area contributed by atoms with Gasteiger partial charge in [0.15, 0.2) is 0 Å². The van der Waals surface area contributed by atoms with E-state index in [1.54, 1.807) is 0 Å². The van der Waals surface area contributed by atoms with E-state index in [0.29, 0.717) is 0 Å².